The van der Waals surface area contributed by atoms with E-state index in [2.05, 4.69) is 30.4 Å². The van der Waals surface area contributed by atoms with Gasteiger partial charge < -0.3 is 10.1 Å². The lowest BCUT2D eigenvalue weighted by Gasteiger charge is -2.17. The van der Waals surface area contributed by atoms with E-state index in [-0.39, 0.29) is 0 Å². The van der Waals surface area contributed by atoms with Gasteiger partial charge in [-0.3, -0.25) is 0 Å². The maximum atomic E-state index is 5.88. The summed E-state index contributed by atoms with van der Waals surface area (Å²) in [4.78, 5) is 0. The van der Waals surface area contributed by atoms with Crippen molar-refractivity contribution in [3.63, 3.8) is 0 Å². The van der Waals surface area contributed by atoms with Crippen molar-refractivity contribution in [3.8, 4) is 5.75 Å². The fraction of sp³-hybridized carbons (Fsp3) is 0.647. The first-order chi connectivity index (χ1) is 9.33. The highest BCUT2D eigenvalue weighted by Gasteiger charge is 2.10. The van der Waals surface area contributed by atoms with E-state index in [9.17, 15) is 0 Å². The van der Waals surface area contributed by atoms with Crippen LogP contribution in [0, 0.1) is 0 Å². The Kier molecular flexibility index (Phi) is 5.71. The van der Waals surface area contributed by atoms with Gasteiger partial charge in [0.25, 0.3) is 0 Å². The third kappa shape index (κ3) is 4.24. The fourth-order valence-electron chi connectivity index (χ4n) is 2.87. The van der Waals surface area contributed by atoms with Crippen LogP contribution in [-0.2, 0) is 12.8 Å². The van der Waals surface area contributed by atoms with Gasteiger partial charge in [0.05, 0.1) is 6.61 Å². The number of rotatable bonds is 7. The predicted octanol–water partition coefficient (Wildman–Crippen LogP) is 3.72. The second-order valence-corrected chi connectivity index (χ2v) is 5.52. The topological polar surface area (TPSA) is 21.3 Å². The van der Waals surface area contributed by atoms with Crippen molar-refractivity contribution in [2.24, 2.45) is 0 Å². The molecule has 0 fully saturated rings. The lowest BCUT2D eigenvalue weighted by atomic mass is 9.92. The van der Waals surface area contributed by atoms with E-state index < -0.39 is 0 Å². The lowest BCUT2D eigenvalue weighted by molar-refractivity contribution is 0.296. The fourth-order valence-corrected chi connectivity index (χ4v) is 2.87. The average Bonchev–Trinajstić information content (AvgIpc) is 2.47. The standard InChI is InChI=1S/C17H27NO/c1-3-16(18-2)9-6-12-19-17-11-10-14-7-4-5-8-15(14)13-17/h10-11,13,16,18H,3-9,12H2,1-2H3. The normalized spacial score (nSPS) is 15.9. The molecule has 2 nitrogen and oxygen atoms in total. The van der Waals surface area contributed by atoms with Gasteiger partial charge in [-0.05, 0) is 75.3 Å². The molecule has 1 unspecified atom stereocenters. The molecule has 2 rings (SSSR count). The first-order valence-electron chi connectivity index (χ1n) is 7.75. The second kappa shape index (κ2) is 7.54. The van der Waals surface area contributed by atoms with Crippen molar-refractivity contribution in [3.05, 3.63) is 29.3 Å². The molecule has 1 aromatic carbocycles. The summed E-state index contributed by atoms with van der Waals surface area (Å²) in [7, 11) is 2.04. The Bertz CT molecular complexity index is 385. The summed E-state index contributed by atoms with van der Waals surface area (Å²) in [6.07, 6.45) is 8.65. The van der Waals surface area contributed by atoms with E-state index in [1.165, 1.54) is 49.7 Å². The van der Waals surface area contributed by atoms with Crippen LogP contribution in [0.15, 0.2) is 18.2 Å². The van der Waals surface area contributed by atoms with Gasteiger partial charge in [-0.2, -0.15) is 0 Å². The molecule has 0 bridgehead atoms. The molecule has 0 aromatic heterocycles. The summed E-state index contributed by atoms with van der Waals surface area (Å²) in [5, 5.41) is 3.34. The zero-order valence-corrected chi connectivity index (χ0v) is 12.4. The number of hydrogen-bond acceptors (Lipinski definition) is 2. The third-order valence-electron chi connectivity index (χ3n) is 4.19. The molecule has 0 amide bonds. The van der Waals surface area contributed by atoms with Gasteiger partial charge in [0.15, 0.2) is 0 Å². The Labute approximate surface area is 117 Å². The summed E-state index contributed by atoms with van der Waals surface area (Å²) >= 11 is 0. The summed E-state index contributed by atoms with van der Waals surface area (Å²) in [5.74, 6) is 1.05. The Morgan fingerprint density at radius 2 is 2.00 bits per heavy atom. The van der Waals surface area contributed by atoms with E-state index in [0.29, 0.717) is 6.04 Å². The molecular weight excluding hydrogens is 234 g/mol. The molecular formula is C17H27NO. The Hall–Kier alpha value is -1.02. The molecule has 0 saturated heterocycles. The number of hydrogen-bond donors (Lipinski definition) is 1. The summed E-state index contributed by atoms with van der Waals surface area (Å²) < 4.78 is 5.88. The van der Waals surface area contributed by atoms with Crippen molar-refractivity contribution >= 4 is 0 Å². The van der Waals surface area contributed by atoms with Crippen LogP contribution in [0.1, 0.15) is 50.2 Å². The van der Waals surface area contributed by atoms with Gasteiger partial charge in [0, 0.05) is 6.04 Å². The first kappa shape index (κ1) is 14.4. The molecule has 0 saturated carbocycles. The second-order valence-electron chi connectivity index (χ2n) is 5.52. The highest BCUT2D eigenvalue weighted by molar-refractivity contribution is 5.37. The Balaban J connectivity index is 1.77. The first-order valence-corrected chi connectivity index (χ1v) is 7.75. The smallest absolute Gasteiger partial charge is 0.119 e. The van der Waals surface area contributed by atoms with Crippen molar-refractivity contribution in [1.82, 2.24) is 5.32 Å². The van der Waals surface area contributed by atoms with Crippen LogP contribution >= 0.6 is 0 Å². The van der Waals surface area contributed by atoms with E-state index in [1.807, 2.05) is 7.05 Å². The van der Waals surface area contributed by atoms with Crippen molar-refractivity contribution in [1.29, 1.82) is 0 Å². The minimum Gasteiger partial charge on any atom is -0.494 e. The molecule has 1 atom stereocenters. The molecule has 0 spiro atoms. The van der Waals surface area contributed by atoms with Gasteiger partial charge in [-0.15, -0.1) is 0 Å². The van der Waals surface area contributed by atoms with Crippen LogP contribution in [-0.4, -0.2) is 19.7 Å². The van der Waals surface area contributed by atoms with E-state index in [1.54, 1.807) is 0 Å². The van der Waals surface area contributed by atoms with Crippen LogP contribution < -0.4 is 10.1 Å². The Morgan fingerprint density at radius 3 is 2.74 bits per heavy atom. The molecule has 2 heteroatoms. The van der Waals surface area contributed by atoms with Crippen LogP contribution in [0.3, 0.4) is 0 Å². The van der Waals surface area contributed by atoms with Crippen molar-refractivity contribution < 1.29 is 4.74 Å². The van der Waals surface area contributed by atoms with E-state index >= 15 is 0 Å². The maximum absolute atomic E-state index is 5.88. The average molecular weight is 261 g/mol. The highest BCUT2D eigenvalue weighted by atomic mass is 16.5. The monoisotopic (exact) mass is 261 g/mol. The van der Waals surface area contributed by atoms with E-state index in [0.717, 1.165) is 18.8 Å². The molecule has 0 aliphatic heterocycles. The highest BCUT2D eigenvalue weighted by Crippen LogP contribution is 2.25. The zero-order chi connectivity index (χ0) is 13.5. The third-order valence-corrected chi connectivity index (χ3v) is 4.19. The van der Waals surface area contributed by atoms with Gasteiger partial charge >= 0.3 is 0 Å². The number of ether oxygens (including phenoxy) is 1. The van der Waals surface area contributed by atoms with Gasteiger partial charge in [-0.25, -0.2) is 0 Å². The van der Waals surface area contributed by atoms with Crippen molar-refractivity contribution in [2.45, 2.75) is 57.9 Å². The molecule has 1 aliphatic carbocycles. The van der Waals surface area contributed by atoms with Gasteiger partial charge in [0.2, 0.25) is 0 Å². The minimum absolute atomic E-state index is 0.632. The quantitative estimate of drug-likeness (QED) is 0.755. The van der Waals surface area contributed by atoms with Gasteiger partial charge in [-0.1, -0.05) is 13.0 Å². The molecule has 0 heterocycles. The number of aryl methyl sites for hydroxylation is 2. The number of benzene rings is 1. The summed E-state index contributed by atoms with van der Waals surface area (Å²) in [6, 6.07) is 7.28. The summed E-state index contributed by atoms with van der Waals surface area (Å²) in [5.41, 5.74) is 3.03. The van der Waals surface area contributed by atoms with E-state index in [4.69, 9.17) is 4.74 Å². The molecule has 1 aromatic rings. The lowest BCUT2D eigenvalue weighted by Crippen LogP contribution is -2.24. The molecule has 19 heavy (non-hydrogen) atoms. The molecule has 106 valence electrons. The van der Waals surface area contributed by atoms with Crippen LogP contribution in [0.25, 0.3) is 0 Å². The van der Waals surface area contributed by atoms with Crippen molar-refractivity contribution in [2.75, 3.05) is 13.7 Å². The minimum atomic E-state index is 0.632. The predicted molar refractivity (Wildman–Crippen MR) is 81.0 cm³/mol. The molecule has 1 N–H and O–H groups in total. The van der Waals surface area contributed by atoms with Crippen LogP contribution in [0.5, 0.6) is 5.75 Å². The SMILES string of the molecule is CCC(CCCOc1ccc2c(c1)CCCC2)NC. The van der Waals surface area contributed by atoms with Crippen LogP contribution in [0.2, 0.25) is 0 Å². The van der Waals surface area contributed by atoms with Crippen LogP contribution in [0.4, 0.5) is 0 Å². The van der Waals surface area contributed by atoms with Gasteiger partial charge in [0.1, 0.15) is 5.75 Å². The Morgan fingerprint density at radius 1 is 1.21 bits per heavy atom. The summed E-state index contributed by atoms with van der Waals surface area (Å²) in [6.45, 7) is 3.06. The largest absolute Gasteiger partial charge is 0.494 e. The number of fused-ring (bicyclic) bond motifs is 1. The number of nitrogens with one attached hydrogen (secondary N) is 1. The zero-order valence-electron chi connectivity index (χ0n) is 12.4. The molecule has 1 aliphatic rings. The maximum Gasteiger partial charge on any atom is 0.119 e. The molecule has 0 radical (unpaired) electrons.